The maximum atomic E-state index is 13.1. The van der Waals surface area contributed by atoms with E-state index in [2.05, 4.69) is 20.0 Å². The van der Waals surface area contributed by atoms with Crippen LogP contribution >= 0.6 is 0 Å². The minimum Gasteiger partial charge on any atom is -0.351 e. The first-order valence-electron chi connectivity index (χ1n) is 5.66. The lowest BCUT2D eigenvalue weighted by atomic mass is 10.1. The molecule has 0 atom stereocenters. The van der Waals surface area contributed by atoms with E-state index in [1.807, 2.05) is 0 Å². The third-order valence-corrected chi connectivity index (χ3v) is 2.52. The second-order valence-corrected chi connectivity index (χ2v) is 3.89. The van der Waals surface area contributed by atoms with Crippen LogP contribution in [0.3, 0.4) is 0 Å². The number of nitrogens with one attached hydrogen (secondary N) is 1. The second kappa shape index (κ2) is 6.03. The van der Waals surface area contributed by atoms with E-state index in [9.17, 15) is 23.7 Å². The van der Waals surface area contributed by atoms with Gasteiger partial charge in [0.25, 0.3) is 11.6 Å². The third-order valence-electron chi connectivity index (χ3n) is 2.52. The molecule has 8 nitrogen and oxygen atoms in total. The largest absolute Gasteiger partial charge is 0.351 e. The Morgan fingerprint density at radius 3 is 2.71 bits per heavy atom. The molecular formula is C11H8F2N4O4. The van der Waals surface area contributed by atoms with Gasteiger partial charge in [0, 0.05) is 13.0 Å². The smallest absolute Gasteiger partial charge is 0.285 e. The van der Waals surface area contributed by atoms with Crippen LogP contribution in [-0.4, -0.2) is 27.5 Å². The molecule has 0 aliphatic carbocycles. The second-order valence-electron chi connectivity index (χ2n) is 3.89. The summed E-state index contributed by atoms with van der Waals surface area (Å²) < 4.78 is 30.6. The van der Waals surface area contributed by atoms with E-state index in [0.717, 1.165) is 6.39 Å². The summed E-state index contributed by atoms with van der Waals surface area (Å²) in [7, 11) is 0. The van der Waals surface area contributed by atoms with E-state index in [-0.39, 0.29) is 13.0 Å². The van der Waals surface area contributed by atoms with E-state index in [1.54, 1.807) is 0 Å². The van der Waals surface area contributed by atoms with Crippen LogP contribution in [0.2, 0.25) is 0 Å². The Hall–Kier alpha value is -2.91. The fourth-order valence-electron chi connectivity index (χ4n) is 1.55. The molecular weight excluding hydrogens is 290 g/mol. The average Bonchev–Trinajstić information content (AvgIpc) is 2.94. The van der Waals surface area contributed by atoms with E-state index in [4.69, 9.17) is 0 Å². The average molecular weight is 298 g/mol. The van der Waals surface area contributed by atoms with Crippen LogP contribution in [0.4, 0.5) is 14.5 Å². The van der Waals surface area contributed by atoms with Gasteiger partial charge in [0.15, 0.2) is 17.5 Å². The first kappa shape index (κ1) is 14.5. The topological polar surface area (TPSA) is 111 Å². The summed E-state index contributed by atoms with van der Waals surface area (Å²) in [6.07, 6.45) is 1.33. The Morgan fingerprint density at radius 2 is 2.10 bits per heavy atom. The molecule has 0 unspecified atom stereocenters. The Kier molecular flexibility index (Phi) is 4.16. The van der Waals surface area contributed by atoms with Gasteiger partial charge in [0.2, 0.25) is 6.39 Å². The lowest BCUT2D eigenvalue weighted by molar-refractivity contribution is -0.385. The predicted octanol–water partition coefficient (Wildman–Crippen LogP) is 1.23. The van der Waals surface area contributed by atoms with Gasteiger partial charge in [-0.1, -0.05) is 5.16 Å². The number of nitrogens with zero attached hydrogens (tertiary/aromatic N) is 3. The van der Waals surface area contributed by atoms with Crippen molar-refractivity contribution in [2.75, 3.05) is 6.54 Å². The Labute approximate surface area is 115 Å². The number of hydrogen-bond acceptors (Lipinski definition) is 6. The molecule has 2 aromatic rings. The molecule has 1 amide bonds. The molecule has 110 valence electrons. The molecule has 1 heterocycles. The number of nitro benzene ring substituents is 1. The molecule has 0 saturated carbocycles. The van der Waals surface area contributed by atoms with Crippen LogP contribution in [-0.2, 0) is 6.42 Å². The van der Waals surface area contributed by atoms with Gasteiger partial charge in [0.05, 0.1) is 11.0 Å². The van der Waals surface area contributed by atoms with Crippen LogP contribution in [0.15, 0.2) is 23.0 Å². The van der Waals surface area contributed by atoms with Gasteiger partial charge in [-0.25, -0.2) is 8.78 Å². The molecule has 1 N–H and O–H groups in total. The summed E-state index contributed by atoms with van der Waals surface area (Å²) in [5, 5.41) is 16.6. The highest BCUT2D eigenvalue weighted by Gasteiger charge is 2.23. The lowest BCUT2D eigenvalue weighted by Gasteiger charge is -2.05. The normalized spacial score (nSPS) is 10.4. The zero-order valence-electron chi connectivity index (χ0n) is 10.4. The Morgan fingerprint density at radius 1 is 1.38 bits per heavy atom. The number of carbonyl (C=O) groups excluding carboxylic acids is 1. The van der Waals surface area contributed by atoms with Crippen molar-refractivity contribution in [3.05, 3.63) is 51.7 Å². The van der Waals surface area contributed by atoms with Crippen molar-refractivity contribution in [1.29, 1.82) is 0 Å². The molecule has 21 heavy (non-hydrogen) atoms. The molecule has 0 aliphatic rings. The summed E-state index contributed by atoms with van der Waals surface area (Å²) in [6.45, 7) is 0.0501. The minimum absolute atomic E-state index is 0.0501. The molecule has 10 heteroatoms. The summed E-state index contributed by atoms with van der Waals surface area (Å²) >= 11 is 0. The lowest BCUT2D eigenvalue weighted by Crippen LogP contribution is -2.27. The number of carbonyl (C=O) groups is 1. The van der Waals surface area contributed by atoms with Crippen molar-refractivity contribution >= 4 is 11.6 Å². The van der Waals surface area contributed by atoms with Crippen molar-refractivity contribution in [3.63, 3.8) is 0 Å². The molecule has 1 aromatic carbocycles. The van der Waals surface area contributed by atoms with E-state index in [1.165, 1.54) is 0 Å². The molecule has 2 rings (SSSR count). The molecule has 0 spiro atoms. The number of amides is 1. The van der Waals surface area contributed by atoms with Gasteiger partial charge in [-0.3, -0.25) is 14.9 Å². The minimum atomic E-state index is -1.40. The van der Waals surface area contributed by atoms with Gasteiger partial charge in [-0.2, -0.15) is 4.98 Å². The van der Waals surface area contributed by atoms with Crippen molar-refractivity contribution in [3.8, 4) is 0 Å². The number of hydrogen-bond donors (Lipinski definition) is 1. The van der Waals surface area contributed by atoms with Crippen molar-refractivity contribution in [1.82, 2.24) is 15.5 Å². The highest BCUT2D eigenvalue weighted by atomic mass is 19.2. The van der Waals surface area contributed by atoms with Gasteiger partial charge in [-0.05, 0) is 6.07 Å². The highest BCUT2D eigenvalue weighted by molar-refractivity contribution is 5.98. The first-order valence-corrected chi connectivity index (χ1v) is 5.66. The van der Waals surface area contributed by atoms with Gasteiger partial charge >= 0.3 is 0 Å². The summed E-state index contributed by atoms with van der Waals surface area (Å²) in [6, 6.07) is 0.848. The van der Waals surface area contributed by atoms with Crippen LogP contribution in [0.1, 0.15) is 16.2 Å². The van der Waals surface area contributed by atoms with Crippen molar-refractivity contribution in [2.45, 2.75) is 6.42 Å². The fourth-order valence-corrected chi connectivity index (χ4v) is 1.55. The molecule has 0 aliphatic heterocycles. The van der Waals surface area contributed by atoms with Gasteiger partial charge < -0.3 is 9.84 Å². The van der Waals surface area contributed by atoms with Crippen molar-refractivity contribution in [2.24, 2.45) is 0 Å². The SMILES string of the molecule is O=C(NCCc1ncon1)c1cc(F)c(F)cc1[N+](=O)[O-]. The van der Waals surface area contributed by atoms with Gasteiger partial charge in [-0.15, -0.1) is 0 Å². The Balaban J connectivity index is 2.11. The number of rotatable bonds is 5. The molecule has 1 aromatic heterocycles. The maximum absolute atomic E-state index is 13.1. The van der Waals surface area contributed by atoms with E-state index >= 15 is 0 Å². The quantitative estimate of drug-likeness (QED) is 0.656. The number of nitro groups is 1. The molecule has 0 saturated heterocycles. The maximum Gasteiger partial charge on any atom is 0.285 e. The van der Waals surface area contributed by atoms with Crippen LogP contribution in [0, 0.1) is 21.7 Å². The summed E-state index contributed by atoms with van der Waals surface area (Å²) in [4.78, 5) is 25.3. The zero-order chi connectivity index (χ0) is 15.4. The molecule has 0 radical (unpaired) electrons. The number of halogens is 2. The van der Waals surface area contributed by atoms with Crippen LogP contribution in [0.5, 0.6) is 0 Å². The number of benzene rings is 1. The first-order chi connectivity index (χ1) is 9.99. The standard InChI is InChI=1S/C11H8F2N4O4/c12-7-3-6(9(17(19)20)4-8(7)13)11(18)14-2-1-10-15-5-21-16-10/h3-5H,1-2H2,(H,14,18). The monoisotopic (exact) mass is 298 g/mol. The van der Waals surface area contributed by atoms with Crippen LogP contribution in [0.25, 0.3) is 0 Å². The van der Waals surface area contributed by atoms with Crippen LogP contribution < -0.4 is 5.32 Å². The highest BCUT2D eigenvalue weighted by Crippen LogP contribution is 2.22. The number of aromatic nitrogens is 2. The molecule has 0 fully saturated rings. The summed E-state index contributed by atoms with van der Waals surface area (Å²) in [5.74, 6) is -3.31. The Bertz CT molecular complexity index is 675. The summed E-state index contributed by atoms with van der Waals surface area (Å²) in [5.41, 5.74) is -1.38. The van der Waals surface area contributed by atoms with E-state index in [0.29, 0.717) is 18.0 Å². The molecule has 0 bridgehead atoms. The fraction of sp³-hybridized carbons (Fsp3) is 0.182. The van der Waals surface area contributed by atoms with Gasteiger partial charge in [0.1, 0.15) is 5.56 Å². The van der Waals surface area contributed by atoms with Crippen molar-refractivity contribution < 1.29 is 23.0 Å². The van der Waals surface area contributed by atoms with E-state index < -0.39 is 33.7 Å². The predicted molar refractivity (Wildman–Crippen MR) is 63.3 cm³/mol. The third kappa shape index (κ3) is 3.35. The zero-order valence-corrected chi connectivity index (χ0v) is 10.4.